The smallest absolute Gasteiger partial charge is 0.306 e. The van der Waals surface area contributed by atoms with Crippen LogP contribution in [0, 0.1) is 23.7 Å². The number of aliphatic carboxylic acids is 3. The highest BCUT2D eigenvalue weighted by Gasteiger charge is 2.33. The molecule has 0 aromatic heterocycles. The molecular weight excluding hydrogens is 793 g/mol. The van der Waals surface area contributed by atoms with E-state index in [0.717, 1.165) is 116 Å². The molecular formula is C58H106O6. The van der Waals surface area contributed by atoms with E-state index in [9.17, 15) is 29.7 Å². The Bertz CT molecular complexity index is 1130. The molecule has 4 unspecified atom stereocenters. The Labute approximate surface area is 396 Å². The maximum Gasteiger partial charge on any atom is 0.306 e. The van der Waals surface area contributed by atoms with Crippen LogP contribution >= 0.6 is 0 Å². The van der Waals surface area contributed by atoms with E-state index >= 15 is 0 Å². The summed E-state index contributed by atoms with van der Waals surface area (Å²) in [6, 6.07) is 0. The van der Waals surface area contributed by atoms with Crippen LogP contribution in [0.3, 0.4) is 0 Å². The van der Waals surface area contributed by atoms with Crippen molar-refractivity contribution in [3.05, 3.63) is 36.5 Å². The third-order valence-corrected chi connectivity index (χ3v) is 13.7. The van der Waals surface area contributed by atoms with Crippen LogP contribution in [0.5, 0.6) is 0 Å². The van der Waals surface area contributed by atoms with E-state index in [1.54, 1.807) is 0 Å². The zero-order valence-corrected chi connectivity index (χ0v) is 42.5. The van der Waals surface area contributed by atoms with Crippen LogP contribution in [-0.4, -0.2) is 33.2 Å². The average Bonchev–Trinajstić information content (AvgIpc) is 3.27. The highest BCUT2D eigenvalue weighted by molar-refractivity contribution is 5.72. The molecule has 6 nitrogen and oxygen atoms in total. The molecule has 0 spiro atoms. The van der Waals surface area contributed by atoms with Crippen LogP contribution in [0.2, 0.25) is 0 Å². The predicted molar refractivity (Wildman–Crippen MR) is 275 cm³/mol. The Morgan fingerprint density at radius 3 is 0.906 bits per heavy atom. The van der Waals surface area contributed by atoms with Gasteiger partial charge in [-0.1, -0.05) is 211 Å². The lowest BCUT2D eigenvalue weighted by Gasteiger charge is -2.28. The minimum Gasteiger partial charge on any atom is -0.481 e. The molecule has 0 aliphatic heterocycles. The summed E-state index contributed by atoms with van der Waals surface area (Å²) in [5, 5.41) is 31.1. The van der Waals surface area contributed by atoms with Crippen molar-refractivity contribution in [3.8, 4) is 0 Å². The van der Waals surface area contributed by atoms with Gasteiger partial charge in [0.05, 0.1) is 17.8 Å². The third-order valence-electron chi connectivity index (χ3n) is 13.7. The number of hydrogen-bond acceptors (Lipinski definition) is 3. The molecule has 374 valence electrons. The van der Waals surface area contributed by atoms with E-state index in [0.29, 0.717) is 38.5 Å². The van der Waals surface area contributed by atoms with Crippen molar-refractivity contribution in [2.24, 2.45) is 23.7 Å². The van der Waals surface area contributed by atoms with E-state index in [2.05, 4.69) is 57.2 Å². The fraction of sp³-hybridized carbons (Fsp3) is 0.845. The molecule has 0 saturated heterocycles. The molecule has 0 aliphatic carbocycles. The topological polar surface area (TPSA) is 112 Å². The van der Waals surface area contributed by atoms with Crippen LogP contribution in [0.25, 0.3) is 0 Å². The molecule has 0 fully saturated rings. The number of allylic oxidation sites excluding steroid dienone is 6. The summed E-state index contributed by atoms with van der Waals surface area (Å²) >= 11 is 0. The second kappa shape index (κ2) is 48.6. The second-order valence-corrected chi connectivity index (χ2v) is 19.6. The summed E-state index contributed by atoms with van der Waals surface area (Å²) in [6.07, 6.45) is 59.1. The summed E-state index contributed by atoms with van der Waals surface area (Å²) < 4.78 is 0. The molecule has 6 heteroatoms. The number of rotatable bonds is 51. The highest BCUT2D eigenvalue weighted by atomic mass is 16.4. The summed E-state index contributed by atoms with van der Waals surface area (Å²) in [7, 11) is 0. The Balaban J connectivity index is 5.12. The first kappa shape index (κ1) is 61.6. The molecule has 0 saturated carbocycles. The Morgan fingerprint density at radius 2 is 0.594 bits per heavy atom. The van der Waals surface area contributed by atoms with Crippen molar-refractivity contribution in [2.45, 2.75) is 290 Å². The van der Waals surface area contributed by atoms with Crippen LogP contribution in [-0.2, 0) is 14.4 Å². The lowest BCUT2D eigenvalue weighted by Crippen LogP contribution is -2.29. The molecule has 4 atom stereocenters. The van der Waals surface area contributed by atoms with Gasteiger partial charge in [0.1, 0.15) is 0 Å². The van der Waals surface area contributed by atoms with Gasteiger partial charge in [0.15, 0.2) is 0 Å². The number of carboxylic acid groups (broad SMARTS) is 3. The lowest BCUT2D eigenvalue weighted by atomic mass is 9.76. The monoisotopic (exact) mass is 899 g/mol. The van der Waals surface area contributed by atoms with Gasteiger partial charge in [0, 0.05) is 0 Å². The standard InChI is InChI=1S/C58H106O6/c1-4-7-10-13-16-19-22-25-28-31-34-37-40-43-46-52(56(59)60)49-50-53(55(58(63)64)48-45-42-39-36-33-30-27-24-21-18-15-12-9-6-3)51-54(57(61)62)47-44-41-38-35-32-29-26-23-20-17-14-11-8-5-2/h25-30,52-55H,4-24,31-51H2,1-3H3,(H,59,60)(H,61,62)(H,63,64). The van der Waals surface area contributed by atoms with Crippen LogP contribution < -0.4 is 0 Å². The third kappa shape index (κ3) is 41.1. The number of unbranched alkanes of at least 4 members (excludes halogenated alkanes) is 30. The van der Waals surface area contributed by atoms with Crippen molar-refractivity contribution < 1.29 is 29.7 Å². The summed E-state index contributed by atoms with van der Waals surface area (Å²) in [5.41, 5.74) is 0. The van der Waals surface area contributed by atoms with Crippen molar-refractivity contribution in [1.29, 1.82) is 0 Å². The first-order valence-corrected chi connectivity index (χ1v) is 27.9. The second-order valence-electron chi connectivity index (χ2n) is 19.6. The van der Waals surface area contributed by atoms with Gasteiger partial charge >= 0.3 is 17.9 Å². The number of carbonyl (C=O) groups is 3. The van der Waals surface area contributed by atoms with Gasteiger partial charge in [-0.25, -0.2) is 0 Å². The van der Waals surface area contributed by atoms with Gasteiger partial charge in [-0.15, -0.1) is 0 Å². The number of hydrogen-bond donors (Lipinski definition) is 3. The summed E-state index contributed by atoms with van der Waals surface area (Å²) in [6.45, 7) is 6.76. The normalized spacial score (nSPS) is 13.9. The average molecular weight is 899 g/mol. The van der Waals surface area contributed by atoms with Gasteiger partial charge in [-0.05, 0) is 121 Å². The largest absolute Gasteiger partial charge is 0.481 e. The van der Waals surface area contributed by atoms with Crippen molar-refractivity contribution in [1.82, 2.24) is 0 Å². The lowest BCUT2D eigenvalue weighted by molar-refractivity contribution is -0.148. The molecule has 0 heterocycles. The SMILES string of the molecule is CCCCCCCCC=CCCCCCCC(CCC(CC(CCCCCCC=CCCCCCCCC)C(=O)O)C(CCCCCCC=CCCCCCCCC)C(=O)O)C(=O)O. The fourth-order valence-corrected chi connectivity index (χ4v) is 9.39. The molecule has 0 aromatic rings. The van der Waals surface area contributed by atoms with Crippen LogP contribution in [0.15, 0.2) is 36.5 Å². The molecule has 64 heavy (non-hydrogen) atoms. The fourth-order valence-electron chi connectivity index (χ4n) is 9.39. The van der Waals surface area contributed by atoms with Gasteiger partial charge in [-0.3, -0.25) is 14.4 Å². The molecule has 0 amide bonds. The van der Waals surface area contributed by atoms with Crippen LogP contribution in [0.1, 0.15) is 290 Å². The van der Waals surface area contributed by atoms with Crippen molar-refractivity contribution in [2.75, 3.05) is 0 Å². The Hall–Kier alpha value is -2.37. The van der Waals surface area contributed by atoms with Gasteiger partial charge < -0.3 is 15.3 Å². The van der Waals surface area contributed by atoms with Crippen molar-refractivity contribution in [3.63, 3.8) is 0 Å². The van der Waals surface area contributed by atoms with E-state index in [-0.39, 0.29) is 5.92 Å². The first-order chi connectivity index (χ1) is 31.3. The minimum atomic E-state index is -0.857. The zero-order chi connectivity index (χ0) is 47.0. The summed E-state index contributed by atoms with van der Waals surface area (Å²) in [5.74, 6) is -4.62. The molecule has 0 aromatic carbocycles. The van der Waals surface area contributed by atoms with Crippen molar-refractivity contribution >= 4 is 17.9 Å². The van der Waals surface area contributed by atoms with E-state index < -0.39 is 35.7 Å². The zero-order valence-electron chi connectivity index (χ0n) is 42.5. The van der Waals surface area contributed by atoms with Crippen LogP contribution in [0.4, 0.5) is 0 Å². The van der Waals surface area contributed by atoms with Gasteiger partial charge in [0.2, 0.25) is 0 Å². The Kier molecular flexibility index (Phi) is 46.8. The predicted octanol–water partition coefficient (Wildman–Crippen LogP) is 18.8. The quantitative estimate of drug-likeness (QED) is 0.0414. The molecule has 0 radical (unpaired) electrons. The number of carboxylic acids is 3. The molecule has 0 bridgehead atoms. The maximum absolute atomic E-state index is 12.9. The minimum absolute atomic E-state index is 0.315. The van der Waals surface area contributed by atoms with E-state index in [1.807, 2.05) is 0 Å². The highest BCUT2D eigenvalue weighted by Crippen LogP contribution is 2.34. The Morgan fingerprint density at radius 1 is 0.312 bits per heavy atom. The van der Waals surface area contributed by atoms with E-state index in [1.165, 1.54) is 116 Å². The first-order valence-electron chi connectivity index (χ1n) is 27.9. The summed E-state index contributed by atoms with van der Waals surface area (Å²) in [4.78, 5) is 38.0. The maximum atomic E-state index is 12.9. The van der Waals surface area contributed by atoms with Gasteiger partial charge in [-0.2, -0.15) is 0 Å². The van der Waals surface area contributed by atoms with Gasteiger partial charge in [0.25, 0.3) is 0 Å². The molecule has 0 aliphatic rings. The molecule has 3 N–H and O–H groups in total. The molecule has 0 rings (SSSR count). The van der Waals surface area contributed by atoms with E-state index in [4.69, 9.17) is 0 Å².